The van der Waals surface area contributed by atoms with Crippen molar-refractivity contribution in [2.24, 2.45) is 14.1 Å². The second-order valence-electron chi connectivity index (χ2n) is 5.77. The lowest BCUT2D eigenvalue weighted by molar-refractivity contribution is -0.116. The van der Waals surface area contributed by atoms with Crippen molar-refractivity contribution in [1.29, 1.82) is 0 Å². The quantitative estimate of drug-likeness (QED) is 0.636. The van der Waals surface area contributed by atoms with Crippen molar-refractivity contribution < 1.29 is 18.3 Å². The van der Waals surface area contributed by atoms with Gasteiger partial charge in [-0.05, 0) is 23.7 Å². The normalized spacial score (nSPS) is 11.2. The molecule has 0 saturated heterocycles. The third kappa shape index (κ3) is 3.48. The van der Waals surface area contributed by atoms with Gasteiger partial charge in [-0.25, -0.2) is 4.79 Å². The number of aromatic nitrogens is 4. The summed E-state index contributed by atoms with van der Waals surface area (Å²) in [6, 6.07) is 5.65. The van der Waals surface area contributed by atoms with Gasteiger partial charge in [0.15, 0.2) is 11.2 Å². The highest BCUT2D eigenvalue weighted by Crippen LogP contribution is 2.25. The van der Waals surface area contributed by atoms with E-state index in [1.165, 1.54) is 38.4 Å². The van der Waals surface area contributed by atoms with E-state index in [-0.39, 0.29) is 27.9 Å². The molecule has 0 spiro atoms. The van der Waals surface area contributed by atoms with Gasteiger partial charge in [0.05, 0.1) is 5.69 Å². The fourth-order valence-electron chi connectivity index (χ4n) is 2.67. The van der Waals surface area contributed by atoms with E-state index >= 15 is 0 Å². The first kappa shape index (κ1) is 19.5. The van der Waals surface area contributed by atoms with Crippen molar-refractivity contribution in [3.8, 4) is 5.75 Å². The minimum Gasteiger partial charge on any atom is -0.433 e. The lowest BCUT2D eigenvalue weighted by atomic mass is 10.3. The lowest BCUT2D eigenvalue weighted by Crippen LogP contribution is -2.37. The number of halogens is 3. The van der Waals surface area contributed by atoms with Gasteiger partial charge >= 0.3 is 12.3 Å². The number of hydrogen-bond donors (Lipinski definition) is 1. The highest BCUT2D eigenvalue weighted by atomic mass is 35.5. The Morgan fingerprint density at radius 1 is 1.25 bits per heavy atom. The molecule has 3 aromatic rings. The molecule has 0 bridgehead atoms. The molecule has 0 radical (unpaired) electrons. The molecule has 0 aliphatic heterocycles. The summed E-state index contributed by atoms with van der Waals surface area (Å²) in [5.41, 5.74) is -1.27. The summed E-state index contributed by atoms with van der Waals surface area (Å²) in [5.74, 6) is -0.881. The van der Waals surface area contributed by atoms with Crippen molar-refractivity contribution in [1.82, 2.24) is 18.7 Å². The molecule has 1 amide bonds. The van der Waals surface area contributed by atoms with Gasteiger partial charge in [0.2, 0.25) is 11.2 Å². The maximum absolute atomic E-state index is 12.5. The number of nitrogens with one attached hydrogen (secondary N) is 1. The summed E-state index contributed by atoms with van der Waals surface area (Å²) in [6.45, 7) is -3.50. The maximum atomic E-state index is 12.5. The Kier molecular flexibility index (Phi) is 5.18. The van der Waals surface area contributed by atoms with Crippen LogP contribution in [0.5, 0.6) is 5.75 Å². The average molecular weight is 414 g/mol. The number of imidazole rings is 1. The molecule has 0 fully saturated rings. The van der Waals surface area contributed by atoms with E-state index < -0.39 is 30.3 Å². The van der Waals surface area contributed by atoms with Crippen LogP contribution in [0.4, 0.5) is 14.5 Å². The van der Waals surface area contributed by atoms with Gasteiger partial charge < -0.3 is 10.1 Å². The van der Waals surface area contributed by atoms with Crippen molar-refractivity contribution >= 4 is 34.4 Å². The fourth-order valence-corrected chi connectivity index (χ4v) is 2.89. The molecule has 148 valence electrons. The van der Waals surface area contributed by atoms with Crippen molar-refractivity contribution in [3.63, 3.8) is 0 Å². The van der Waals surface area contributed by atoms with Crippen LogP contribution >= 0.6 is 11.6 Å². The van der Waals surface area contributed by atoms with E-state index in [9.17, 15) is 23.2 Å². The van der Waals surface area contributed by atoms with Gasteiger partial charge in [-0.15, -0.1) is 0 Å². The van der Waals surface area contributed by atoms with E-state index in [4.69, 9.17) is 11.6 Å². The average Bonchev–Trinajstić information content (AvgIpc) is 2.96. The summed E-state index contributed by atoms with van der Waals surface area (Å²) >= 11 is 6.05. The Morgan fingerprint density at radius 3 is 2.61 bits per heavy atom. The first-order chi connectivity index (χ1) is 13.2. The van der Waals surface area contributed by atoms with Gasteiger partial charge in [-0.2, -0.15) is 13.8 Å². The van der Waals surface area contributed by atoms with Crippen molar-refractivity contribution in [3.05, 3.63) is 50.4 Å². The Labute approximate surface area is 160 Å². The van der Waals surface area contributed by atoms with E-state index in [0.29, 0.717) is 0 Å². The molecule has 0 saturated carbocycles. The SMILES string of the molecule is Cn1c(=O)c2c(nc(Cl)n2CC(=O)Nc2ccccc2OC(F)F)n(C)c1=O. The number of hydrogen-bond acceptors (Lipinski definition) is 5. The molecule has 1 aromatic carbocycles. The third-order valence-electron chi connectivity index (χ3n) is 3.98. The van der Waals surface area contributed by atoms with E-state index in [2.05, 4.69) is 15.0 Å². The molecule has 0 atom stereocenters. The number of carbonyl (C=O) groups excluding carboxylic acids is 1. The summed E-state index contributed by atoms with van der Waals surface area (Å²) < 4.78 is 32.5. The van der Waals surface area contributed by atoms with Gasteiger partial charge in [-0.3, -0.25) is 23.3 Å². The molecular formula is C16H14ClF2N5O4. The van der Waals surface area contributed by atoms with E-state index in [1.54, 1.807) is 0 Å². The monoisotopic (exact) mass is 413 g/mol. The highest BCUT2D eigenvalue weighted by Gasteiger charge is 2.20. The second-order valence-corrected chi connectivity index (χ2v) is 6.11. The number of anilines is 1. The first-order valence-corrected chi connectivity index (χ1v) is 8.24. The molecule has 0 aliphatic rings. The van der Waals surface area contributed by atoms with Crippen molar-refractivity contribution in [2.75, 3.05) is 5.32 Å². The zero-order valence-corrected chi connectivity index (χ0v) is 15.4. The zero-order chi connectivity index (χ0) is 20.6. The van der Waals surface area contributed by atoms with Crippen LogP contribution in [0.3, 0.4) is 0 Å². The number of fused-ring (bicyclic) bond motifs is 1. The van der Waals surface area contributed by atoms with Crippen LogP contribution < -0.4 is 21.3 Å². The number of amides is 1. The topological polar surface area (TPSA) is 100 Å². The molecule has 0 aliphatic carbocycles. The van der Waals surface area contributed by atoms with Crippen molar-refractivity contribution in [2.45, 2.75) is 13.2 Å². The summed E-state index contributed by atoms with van der Waals surface area (Å²) in [6.07, 6.45) is 0. The molecule has 1 N–H and O–H groups in total. The van der Waals surface area contributed by atoms with Crippen LogP contribution in [-0.4, -0.2) is 31.2 Å². The van der Waals surface area contributed by atoms with Crippen LogP contribution in [0, 0.1) is 0 Å². The van der Waals surface area contributed by atoms with Crippen LogP contribution in [0.15, 0.2) is 33.9 Å². The molecule has 2 aromatic heterocycles. The number of ether oxygens (including phenoxy) is 1. The van der Waals surface area contributed by atoms with Gasteiger partial charge in [0.1, 0.15) is 12.3 Å². The van der Waals surface area contributed by atoms with Crippen LogP contribution in [-0.2, 0) is 25.4 Å². The predicted molar refractivity (Wildman–Crippen MR) is 96.9 cm³/mol. The maximum Gasteiger partial charge on any atom is 0.387 e. The third-order valence-corrected chi connectivity index (χ3v) is 4.27. The number of nitrogens with zero attached hydrogens (tertiary/aromatic N) is 4. The Hall–Kier alpha value is -3.21. The number of rotatable bonds is 5. The van der Waals surface area contributed by atoms with Crippen LogP contribution in [0.1, 0.15) is 0 Å². The minimum atomic E-state index is -3.06. The molecular weight excluding hydrogens is 400 g/mol. The number of alkyl halides is 2. The van der Waals surface area contributed by atoms with Crippen LogP contribution in [0.2, 0.25) is 5.28 Å². The van der Waals surface area contributed by atoms with E-state index in [1.807, 2.05) is 0 Å². The highest BCUT2D eigenvalue weighted by molar-refractivity contribution is 6.29. The second kappa shape index (κ2) is 7.43. The standard InChI is InChI=1S/C16H14ClF2N5O4/c1-22-12-11(13(26)23(2)16(22)27)24(14(17)21-12)7-10(25)20-8-5-3-4-6-9(8)28-15(18)19/h3-6,15H,7H2,1-2H3,(H,20,25). The minimum absolute atomic E-state index is 0.0207. The largest absolute Gasteiger partial charge is 0.433 e. The predicted octanol–water partition coefficient (Wildman–Crippen LogP) is 1.33. The molecule has 3 rings (SSSR count). The number of aryl methyl sites for hydroxylation is 1. The summed E-state index contributed by atoms with van der Waals surface area (Å²) in [7, 11) is 2.70. The molecule has 9 nitrogen and oxygen atoms in total. The number of para-hydroxylation sites is 2. The molecule has 2 heterocycles. The van der Waals surface area contributed by atoms with E-state index in [0.717, 1.165) is 13.7 Å². The summed E-state index contributed by atoms with van der Waals surface area (Å²) in [5, 5.41) is 2.24. The number of carbonyl (C=O) groups is 1. The van der Waals surface area contributed by atoms with Crippen LogP contribution in [0.25, 0.3) is 11.2 Å². The zero-order valence-electron chi connectivity index (χ0n) is 14.6. The first-order valence-electron chi connectivity index (χ1n) is 7.86. The Bertz CT molecular complexity index is 1180. The fraction of sp³-hybridized carbons (Fsp3) is 0.250. The molecule has 28 heavy (non-hydrogen) atoms. The lowest BCUT2D eigenvalue weighted by Gasteiger charge is -2.12. The Balaban J connectivity index is 1.96. The molecule has 12 heteroatoms. The smallest absolute Gasteiger partial charge is 0.387 e. The van der Waals surface area contributed by atoms with Gasteiger partial charge in [0, 0.05) is 14.1 Å². The summed E-state index contributed by atoms with van der Waals surface area (Å²) in [4.78, 5) is 40.8. The van der Waals surface area contributed by atoms with Gasteiger partial charge in [0.25, 0.3) is 5.56 Å². The molecule has 0 unspecified atom stereocenters. The van der Waals surface area contributed by atoms with Gasteiger partial charge in [-0.1, -0.05) is 12.1 Å². The number of benzene rings is 1. The Morgan fingerprint density at radius 2 is 1.93 bits per heavy atom.